The second kappa shape index (κ2) is 9.22. The lowest BCUT2D eigenvalue weighted by molar-refractivity contribution is 0.104. The zero-order valence-corrected chi connectivity index (χ0v) is 22.0. The molecule has 0 N–H and O–H groups in total. The monoisotopic (exact) mass is 500 g/mol. The Bertz CT molecular complexity index is 1280. The zero-order chi connectivity index (χ0) is 24.7. The van der Waals surface area contributed by atoms with E-state index < -0.39 is 18.2 Å². The first-order valence-electron chi connectivity index (χ1n) is 10.6. The first-order chi connectivity index (χ1) is 15.3. The van der Waals surface area contributed by atoms with Crippen molar-refractivity contribution in [2.75, 3.05) is 0 Å². The van der Waals surface area contributed by atoms with E-state index in [1.165, 1.54) is 6.07 Å². The highest BCUT2D eigenvalue weighted by molar-refractivity contribution is 8.01. The van der Waals surface area contributed by atoms with Gasteiger partial charge in [-0.1, -0.05) is 92.5 Å². The lowest BCUT2D eigenvalue weighted by atomic mass is 9.84. The predicted octanol–water partition coefficient (Wildman–Crippen LogP) is 7.89. The minimum absolute atomic E-state index is 0.0354. The maximum Gasteiger partial charge on any atom is 0.251 e. The van der Waals surface area contributed by atoms with Crippen molar-refractivity contribution < 1.29 is 14.2 Å². The van der Waals surface area contributed by atoms with Crippen LogP contribution in [0.5, 0.6) is 0 Å². The lowest BCUT2D eigenvalue weighted by Gasteiger charge is -2.24. The first kappa shape index (κ1) is 25.4. The number of halogens is 2. The molecule has 33 heavy (non-hydrogen) atoms. The molecule has 3 aromatic rings. The standard InChI is InChI=1S/C27H27Cl2O3P/c1-16-12-13-21(28)24(23(16)29)33(32,25(30)19-10-8-7-9-11-19)26(31)22-17(2)14-20(15-18(22)3)27(4,5)6/h7-15H,1-6H3. The zero-order valence-electron chi connectivity index (χ0n) is 19.6. The molecule has 0 fully saturated rings. The molecule has 0 aliphatic heterocycles. The Morgan fingerprint density at radius 2 is 1.33 bits per heavy atom. The third-order valence-electron chi connectivity index (χ3n) is 5.78. The molecule has 0 radical (unpaired) electrons. The van der Waals surface area contributed by atoms with Crippen LogP contribution in [0.15, 0.2) is 54.6 Å². The minimum Gasteiger partial charge on any atom is -0.302 e. The molecule has 3 aromatic carbocycles. The number of carbonyl (C=O) groups is 2. The number of hydrogen-bond acceptors (Lipinski definition) is 3. The molecule has 1 atom stereocenters. The van der Waals surface area contributed by atoms with Crippen LogP contribution in [-0.2, 0) is 9.98 Å². The van der Waals surface area contributed by atoms with Crippen LogP contribution in [0.4, 0.5) is 0 Å². The van der Waals surface area contributed by atoms with Crippen molar-refractivity contribution in [3.8, 4) is 0 Å². The fraction of sp³-hybridized carbons (Fsp3) is 0.259. The molecule has 3 nitrogen and oxygen atoms in total. The van der Waals surface area contributed by atoms with Gasteiger partial charge < -0.3 is 4.57 Å². The molecule has 0 amide bonds. The van der Waals surface area contributed by atoms with Gasteiger partial charge in [0.05, 0.1) is 15.3 Å². The van der Waals surface area contributed by atoms with Gasteiger partial charge in [-0.2, -0.15) is 0 Å². The van der Waals surface area contributed by atoms with Crippen LogP contribution in [0, 0.1) is 20.8 Å². The predicted molar refractivity (Wildman–Crippen MR) is 138 cm³/mol. The van der Waals surface area contributed by atoms with E-state index in [1.807, 2.05) is 12.1 Å². The van der Waals surface area contributed by atoms with Gasteiger partial charge in [-0.15, -0.1) is 0 Å². The average Bonchev–Trinajstić information content (AvgIpc) is 2.75. The van der Waals surface area contributed by atoms with E-state index in [1.54, 1.807) is 57.2 Å². The van der Waals surface area contributed by atoms with Crippen LogP contribution in [0.3, 0.4) is 0 Å². The maximum absolute atomic E-state index is 14.7. The molecule has 0 aliphatic rings. The number of hydrogen-bond donors (Lipinski definition) is 0. The minimum atomic E-state index is -4.45. The van der Waals surface area contributed by atoms with Crippen LogP contribution < -0.4 is 5.30 Å². The Balaban J connectivity index is 2.35. The van der Waals surface area contributed by atoms with Crippen LogP contribution >= 0.6 is 30.3 Å². The Morgan fingerprint density at radius 3 is 1.85 bits per heavy atom. The normalized spacial score (nSPS) is 13.5. The number of rotatable bonds is 5. The van der Waals surface area contributed by atoms with Crippen molar-refractivity contribution in [1.29, 1.82) is 0 Å². The largest absolute Gasteiger partial charge is 0.302 e. The summed E-state index contributed by atoms with van der Waals surface area (Å²) < 4.78 is 14.7. The van der Waals surface area contributed by atoms with Crippen molar-refractivity contribution in [2.45, 2.75) is 47.0 Å². The number of benzene rings is 3. The Hall–Kier alpha value is -2.19. The molecular weight excluding hydrogens is 474 g/mol. The third kappa shape index (κ3) is 4.60. The van der Waals surface area contributed by atoms with Crippen molar-refractivity contribution in [3.63, 3.8) is 0 Å². The maximum atomic E-state index is 14.7. The fourth-order valence-corrected chi connectivity index (χ4v) is 7.56. The van der Waals surface area contributed by atoms with Crippen LogP contribution in [0.1, 0.15) is 63.7 Å². The van der Waals surface area contributed by atoms with E-state index in [9.17, 15) is 14.2 Å². The van der Waals surface area contributed by atoms with Gasteiger partial charge in [0.15, 0.2) is 0 Å². The van der Waals surface area contributed by atoms with Gasteiger partial charge in [0.1, 0.15) is 0 Å². The van der Waals surface area contributed by atoms with Crippen LogP contribution in [-0.4, -0.2) is 11.0 Å². The highest BCUT2D eigenvalue weighted by atomic mass is 35.5. The Morgan fingerprint density at radius 1 is 0.788 bits per heavy atom. The van der Waals surface area contributed by atoms with Gasteiger partial charge in [-0.3, -0.25) is 9.59 Å². The molecule has 6 heteroatoms. The summed E-state index contributed by atoms with van der Waals surface area (Å²) in [6, 6.07) is 15.2. The Kier molecular flexibility index (Phi) is 7.10. The quantitative estimate of drug-likeness (QED) is 0.334. The van der Waals surface area contributed by atoms with Gasteiger partial charge in [-0.05, 0) is 54.5 Å². The van der Waals surface area contributed by atoms with Gasteiger partial charge in [0.2, 0.25) is 11.0 Å². The summed E-state index contributed by atoms with van der Waals surface area (Å²) in [6.07, 6.45) is 0. The van der Waals surface area contributed by atoms with Gasteiger partial charge in [-0.25, -0.2) is 0 Å². The number of aryl methyl sites for hydroxylation is 3. The van der Waals surface area contributed by atoms with Crippen LogP contribution in [0.2, 0.25) is 10.0 Å². The van der Waals surface area contributed by atoms with Crippen LogP contribution in [0.25, 0.3) is 0 Å². The molecule has 0 saturated heterocycles. The summed E-state index contributed by atoms with van der Waals surface area (Å²) in [5, 5.41) is 0.0154. The van der Waals surface area contributed by atoms with Gasteiger partial charge in [0.25, 0.3) is 7.14 Å². The van der Waals surface area contributed by atoms with E-state index in [-0.39, 0.29) is 31.9 Å². The van der Waals surface area contributed by atoms with E-state index in [0.717, 1.165) is 5.56 Å². The SMILES string of the molecule is Cc1ccc(Cl)c(P(=O)(C(=O)c2ccccc2)C(=O)c2c(C)cc(C(C)(C)C)cc2C)c1Cl. The summed E-state index contributed by atoms with van der Waals surface area (Å²) in [4.78, 5) is 27.8. The van der Waals surface area contributed by atoms with E-state index >= 15 is 0 Å². The van der Waals surface area contributed by atoms with Crippen molar-refractivity contribution in [2.24, 2.45) is 0 Å². The molecule has 172 valence electrons. The molecule has 0 heterocycles. The Labute approximate surface area is 205 Å². The van der Waals surface area contributed by atoms with Gasteiger partial charge >= 0.3 is 0 Å². The summed E-state index contributed by atoms with van der Waals surface area (Å²) >= 11 is 13.0. The molecule has 3 rings (SSSR count). The highest BCUT2D eigenvalue weighted by Crippen LogP contribution is 2.55. The van der Waals surface area contributed by atoms with E-state index in [4.69, 9.17) is 23.2 Å². The second-order valence-corrected chi connectivity index (χ2v) is 12.6. The van der Waals surface area contributed by atoms with Crippen molar-refractivity contribution in [3.05, 3.63) is 98.0 Å². The molecule has 0 bridgehead atoms. The third-order valence-corrected chi connectivity index (χ3v) is 9.57. The smallest absolute Gasteiger partial charge is 0.251 e. The molecule has 0 aromatic heterocycles. The lowest BCUT2D eigenvalue weighted by Crippen LogP contribution is -2.24. The summed E-state index contributed by atoms with van der Waals surface area (Å²) in [6.45, 7) is 11.6. The molecular formula is C27H27Cl2O3P. The van der Waals surface area contributed by atoms with Gasteiger partial charge in [0, 0.05) is 11.1 Å². The summed E-state index contributed by atoms with van der Waals surface area (Å²) in [7, 11) is -4.45. The fourth-order valence-electron chi connectivity index (χ4n) is 3.88. The number of carbonyl (C=O) groups excluding carboxylic acids is 2. The van der Waals surface area contributed by atoms with E-state index in [2.05, 4.69) is 20.8 Å². The second-order valence-electron chi connectivity index (χ2n) is 9.35. The van der Waals surface area contributed by atoms with Crippen molar-refractivity contribution >= 4 is 46.7 Å². The molecule has 0 saturated carbocycles. The molecule has 0 aliphatic carbocycles. The topological polar surface area (TPSA) is 51.2 Å². The molecule has 0 spiro atoms. The summed E-state index contributed by atoms with van der Waals surface area (Å²) in [5.41, 5.74) is 1.73. The molecule has 1 unspecified atom stereocenters. The van der Waals surface area contributed by atoms with E-state index in [0.29, 0.717) is 16.7 Å². The average molecular weight is 501 g/mol. The summed E-state index contributed by atoms with van der Waals surface area (Å²) in [5.74, 6) is 0. The highest BCUT2D eigenvalue weighted by Gasteiger charge is 2.46. The van der Waals surface area contributed by atoms with Crippen molar-refractivity contribution in [1.82, 2.24) is 0 Å². The first-order valence-corrected chi connectivity index (χ1v) is 13.1.